The van der Waals surface area contributed by atoms with E-state index in [-0.39, 0.29) is 18.5 Å². The third-order valence-corrected chi connectivity index (χ3v) is 4.84. The van der Waals surface area contributed by atoms with E-state index < -0.39 is 0 Å². The van der Waals surface area contributed by atoms with Crippen LogP contribution in [0, 0.1) is 0 Å². The Morgan fingerprint density at radius 1 is 1.11 bits per heavy atom. The number of para-hydroxylation sites is 1. The quantitative estimate of drug-likeness (QED) is 0.642. The summed E-state index contributed by atoms with van der Waals surface area (Å²) in [6.45, 7) is 7.94. The average molecular weight is 388 g/mol. The Labute approximate surface area is 165 Å². The fourth-order valence-electron chi connectivity index (χ4n) is 3.28. The molecule has 0 bridgehead atoms. The van der Waals surface area contributed by atoms with Gasteiger partial charge in [0.05, 0.1) is 18.7 Å². The number of hydrogen-bond donors (Lipinski definition) is 2. The molecule has 0 saturated carbocycles. The molecule has 2 aliphatic rings. The number of piperazine rings is 1. The zero-order valence-corrected chi connectivity index (χ0v) is 16.3. The monoisotopic (exact) mass is 388 g/mol. The van der Waals surface area contributed by atoms with Gasteiger partial charge in [-0.05, 0) is 19.1 Å². The average Bonchev–Trinajstić information content (AvgIpc) is 2.70. The molecular formula is C20H28N4O4. The number of amides is 2. The molecule has 2 N–H and O–H groups in total. The Kier molecular flexibility index (Phi) is 7.27. The lowest BCUT2D eigenvalue weighted by Gasteiger charge is -2.35. The highest BCUT2D eigenvalue weighted by atomic mass is 16.5. The van der Waals surface area contributed by atoms with Crippen LogP contribution in [0.3, 0.4) is 0 Å². The van der Waals surface area contributed by atoms with E-state index >= 15 is 0 Å². The van der Waals surface area contributed by atoms with Crippen LogP contribution in [0.2, 0.25) is 0 Å². The molecule has 0 atom stereocenters. The smallest absolute Gasteiger partial charge is 0.337 e. The summed E-state index contributed by atoms with van der Waals surface area (Å²) in [6, 6.07) is 9.54. The number of nitrogens with one attached hydrogen (secondary N) is 2. The second-order valence-corrected chi connectivity index (χ2v) is 6.76. The third kappa shape index (κ3) is 5.71. The Bertz CT molecular complexity index is 699. The van der Waals surface area contributed by atoms with E-state index in [4.69, 9.17) is 9.47 Å². The molecule has 0 radical (unpaired) electrons. The molecular weight excluding hydrogens is 360 g/mol. The zero-order valence-electron chi connectivity index (χ0n) is 16.3. The minimum atomic E-state index is -0.373. The van der Waals surface area contributed by atoms with Crippen molar-refractivity contribution in [1.29, 1.82) is 0 Å². The first-order valence-electron chi connectivity index (χ1n) is 9.72. The minimum absolute atomic E-state index is 0.205. The van der Waals surface area contributed by atoms with E-state index in [2.05, 4.69) is 20.4 Å². The van der Waals surface area contributed by atoms with Crippen molar-refractivity contribution < 1.29 is 19.1 Å². The molecule has 152 valence electrons. The first-order valence-corrected chi connectivity index (χ1v) is 9.72. The van der Waals surface area contributed by atoms with Gasteiger partial charge >= 0.3 is 12.0 Å². The normalized spacial score (nSPS) is 18.4. The molecule has 0 unspecified atom stereocenters. The lowest BCUT2D eigenvalue weighted by molar-refractivity contribution is -0.138. The number of hydrogen-bond acceptors (Lipinski definition) is 6. The van der Waals surface area contributed by atoms with E-state index in [9.17, 15) is 9.59 Å². The van der Waals surface area contributed by atoms with Gasteiger partial charge in [-0.15, -0.1) is 0 Å². The SMILES string of the molecule is CCOC(=O)C1=C(CN2CCN(CCOc3ccccc3)CC2)NC(=O)NC1. The zero-order chi connectivity index (χ0) is 19.8. The number of rotatable bonds is 8. The number of benzene rings is 1. The molecule has 8 heteroatoms. The number of nitrogens with zero attached hydrogens (tertiary/aromatic N) is 2. The highest BCUT2D eigenvalue weighted by Gasteiger charge is 2.26. The summed E-state index contributed by atoms with van der Waals surface area (Å²) in [6.07, 6.45) is 0. The van der Waals surface area contributed by atoms with Gasteiger partial charge in [-0.3, -0.25) is 9.80 Å². The van der Waals surface area contributed by atoms with Gasteiger partial charge in [0.25, 0.3) is 0 Å². The van der Waals surface area contributed by atoms with Crippen molar-refractivity contribution in [3.63, 3.8) is 0 Å². The summed E-state index contributed by atoms with van der Waals surface area (Å²) in [5.41, 5.74) is 1.14. The molecule has 1 aromatic carbocycles. The van der Waals surface area contributed by atoms with Crippen LogP contribution in [0.5, 0.6) is 5.75 Å². The lowest BCUT2D eigenvalue weighted by atomic mass is 10.1. The standard InChI is InChI=1S/C20H28N4O4/c1-2-27-19(25)17-14-21-20(26)22-18(17)15-24-10-8-23(9-11-24)12-13-28-16-6-4-3-5-7-16/h3-7H,2,8-15H2,1H3,(H2,21,22,26). The first-order chi connectivity index (χ1) is 13.7. The molecule has 0 aliphatic carbocycles. The van der Waals surface area contributed by atoms with Crippen LogP contribution in [0.25, 0.3) is 0 Å². The van der Waals surface area contributed by atoms with E-state index in [1.165, 1.54) is 0 Å². The summed E-state index contributed by atoms with van der Waals surface area (Å²) in [5, 5.41) is 5.40. The predicted octanol–water partition coefficient (Wildman–Crippen LogP) is 0.813. The van der Waals surface area contributed by atoms with Gasteiger partial charge in [-0.25, -0.2) is 9.59 Å². The van der Waals surface area contributed by atoms with Gasteiger partial charge in [-0.1, -0.05) is 18.2 Å². The molecule has 2 aliphatic heterocycles. The number of esters is 1. The van der Waals surface area contributed by atoms with Gasteiger partial charge in [0, 0.05) is 45.0 Å². The van der Waals surface area contributed by atoms with Crippen LogP contribution < -0.4 is 15.4 Å². The molecule has 2 amide bonds. The Hall–Kier alpha value is -2.58. The second-order valence-electron chi connectivity index (χ2n) is 6.76. The Balaban J connectivity index is 1.46. The van der Waals surface area contributed by atoms with E-state index in [1.54, 1.807) is 6.92 Å². The van der Waals surface area contributed by atoms with Crippen molar-refractivity contribution in [3.05, 3.63) is 41.6 Å². The summed E-state index contributed by atoms with van der Waals surface area (Å²) in [5.74, 6) is 0.517. The highest BCUT2D eigenvalue weighted by molar-refractivity contribution is 5.93. The molecule has 0 aromatic heterocycles. The number of ether oxygens (including phenoxy) is 2. The highest BCUT2D eigenvalue weighted by Crippen LogP contribution is 2.12. The summed E-state index contributed by atoms with van der Waals surface area (Å²) in [7, 11) is 0. The Morgan fingerprint density at radius 2 is 1.82 bits per heavy atom. The van der Waals surface area contributed by atoms with E-state index in [0.717, 1.165) is 38.5 Å². The van der Waals surface area contributed by atoms with Crippen molar-refractivity contribution >= 4 is 12.0 Å². The maximum atomic E-state index is 12.1. The second kappa shape index (κ2) is 10.1. The molecule has 2 heterocycles. The van der Waals surface area contributed by atoms with Crippen LogP contribution >= 0.6 is 0 Å². The maximum absolute atomic E-state index is 12.1. The number of carbonyl (C=O) groups excluding carboxylic acids is 2. The van der Waals surface area contributed by atoms with Gasteiger partial charge in [0.15, 0.2) is 0 Å². The largest absolute Gasteiger partial charge is 0.492 e. The van der Waals surface area contributed by atoms with Crippen LogP contribution in [0.1, 0.15) is 6.92 Å². The van der Waals surface area contributed by atoms with Gasteiger partial charge in [-0.2, -0.15) is 0 Å². The molecule has 8 nitrogen and oxygen atoms in total. The van der Waals surface area contributed by atoms with Gasteiger partial charge in [0.1, 0.15) is 12.4 Å². The van der Waals surface area contributed by atoms with E-state index in [0.29, 0.717) is 31.0 Å². The molecule has 1 fully saturated rings. The predicted molar refractivity (Wildman–Crippen MR) is 105 cm³/mol. The van der Waals surface area contributed by atoms with Crippen LogP contribution in [0.15, 0.2) is 41.6 Å². The number of urea groups is 1. The van der Waals surface area contributed by atoms with Crippen molar-refractivity contribution in [2.75, 3.05) is 59.0 Å². The molecule has 3 rings (SSSR count). The summed E-state index contributed by atoms with van der Waals surface area (Å²) < 4.78 is 10.9. The fourth-order valence-corrected chi connectivity index (χ4v) is 3.28. The van der Waals surface area contributed by atoms with Crippen molar-refractivity contribution in [1.82, 2.24) is 20.4 Å². The summed E-state index contributed by atoms with van der Waals surface area (Å²) in [4.78, 5) is 28.4. The van der Waals surface area contributed by atoms with E-state index in [1.807, 2.05) is 30.3 Å². The van der Waals surface area contributed by atoms with Crippen molar-refractivity contribution in [3.8, 4) is 5.75 Å². The van der Waals surface area contributed by atoms with Crippen LogP contribution in [0.4, 0.5) is 4.79 Å². The summed E-state index contributed by atoms with van der Waals surface area (Å²) >= 11 is 0. The maximum Gasteiger partial charge on any atom is 0.337 e. The molecule has 1 aromatic rings. The van der Waals surface area contributed by atoms with Crippen molar-refractivity contribution in [2.45, 2.75) is 6.92 Å². The fraction of sp³-hybridized carbons (Fsp3) is 0.500. The molecule has 28 heavy (non-hydrogen) atoms. The first kappa shape index (κ1) is 20.2. The Morgan fingerprint density at radius 3 is 2.54 bits per heavy atom. The minimum Gasteiger partial charge on any atom is -0.492 e. The van der Waals surface area contributed by atoms with Gasteiger partial charge < -0.3 is 20.1 Å². The van der Waals surface area contributed by atoms with Gasteiger partial charge in [0.2, 0.25) is 0 Å². The number of carbonyl (C=O) groups is 2. The van der Waals surface area contributed by atoms with Crippen LogP contribution in [-0.2, 0) is 9.53 Å². The topological polar surface area (TPSA) is 83.1 Å². The van der Waals surface area contributed by atoms with Crippen LogP contribution in [-0.4, -0.2) is 80.8 Å². The lowest BCUT2D eigenvalue weighted by Crippen LogP contribution is -2.51. The third-order valence-electron chi connectivity index (χ3n) is 4.84. The van der Waals surface area contributed by atoms with Crippen molar-refractivity contribution in [2.24, 2.45) is 0 Å². The molecule has 1 saturated heterocycles. The molecule has 0 spiro atoms.